The van der Waals surface area contributed by atoms with Crippen molar-refractivity contribution in [3.63, 3.8) is 0 Å². The molecule has 3 aromatic heterocycles. The third-order valence-corrected chi connectivity index (χ3v) is 10.9. The summed E-state index contributed by atoms with van der Waals surface area (Å²) in [5, 5.41) is 4.29. The van der Waals surface area contributed by atoms with E-state index in [0.717, 1.165) is 72.2 Å². The van der Waals surface area contributed by atoms with Gasteiger partial charge >= 0.3 is 0 Å². The predicted octanol–water partition coefficient (Wildman–Crippen LogP) is 12.8. The summed E-state index contributed by atoms with van der Waals surface area (Å²) in [7, 11) is 0. The van der Waals surface area contributed by atoms with E-state index >= 15 is 0 Å². The number of fused-ring (bicyclic) bond motifs is 8. The molecule has 1 aliphatic heterocycles. The molecule has 0 N–H and O–H groups in total. The molecular formula is C50H42N5OPt-3. The van der Waals surface area contributed by atoms with Crippen LogP contribution in [-0.2, 0) is 26.5 Å². The van der Waals surface area contributed by atoms with E-state index < -0.39 is 0 Å². The Hall–Kier alpha value is -5.84. The standard InChI is InChI=1S/C50H42N5O.Pt/c1-49(2,3)33-27-28-51-45(29-33)55-40-24-13-10-21-37(40)46-43(55)31-44(47-38-22-11-12-23-39(38)54(48(46)47)34-17-8-7-9-18-34)56-36-20-16-19-35(30-36)52-32-53(50(4,5)6)42-26-15-14-25-41(42)52;/h7-29,32H,1-6H3;/q-3;. The van der Waals surface area contributed by atoms with Gasteiger partial charge in [0, 0.05) is 72.4 Å². The molecule has 0 radical (unpaired) electrons. The summed E-state index contributed by atoms with van der Waals surface area (Å²) in [6.07, 6.45) is 1.92. The first-order valence-electron chi connectivity index (χ1n) is 19.2. The molecule has 4 heterocycles. The number of hydrogen-bond acceptors (Lipinski definition) is 4. The van der Waals surface area contributed by atoms with Crippen LogP contribution >= 0.6 is 0 Å². The molecule has 286 valence electrons. The monoisotopic (exact) mass is 923 g/mol. The predicted molar refractivity (Wildman–Crippen MR) is 231 cm³/mol. The molecule has 10 rings (SSSR count). The molecule has 7 heteroatoms. The number of rotatable bonds is 5. The van der Waals surface area contributed by atoms with Crippen LogP contribution in [0, 0.1) is 18.8 Å². The average molecular weight is 924 g/mol. The SMILES string of the molecule is CC(C)(C)c1ccnc(-n2c3[c-]c(Oc4[c-]c(N5[CH-]N(C(C)(C)C)c6ccccc65)ccc4)c4c5ccccc5n(-c5ccccc5)c4c3c3ccccc32)c1.[Pt]. The Bertz CT molecular complexity index is 2970. The van der Waals surface area contributed by atoms with Crippen LogP contribution in [0.15, 0.2) is 140 Å². The van der Waals surface area contributed by atoms with Crippen molar-refractivity contribution in [2.45, 2.75) is 52.5 Å². The Labute approximate surface area is 348 Å². The molecule has 0 atom stereocenters. The van der Waals surface area contributed by atoms with Crippen LogP contribution in [0.5, 0.6) is 11.5 Å². The second kappa shape index (κ2) is 13.7. The number of ether oxygens (including phenoxy) is 1. The Morgan fingerprint density at radius 3 is 2.00 bits per heavy atom. The maximum absolute atomic E-state index is 7.09. The van der Waals surface area contributed by atoms with Gasteiger partial charge in [-0.3, -0.25) is 0 Å². The molecule has 0 aliphatic carbocycles. The number of aromatic nitrogens is 3. The minimum absolute atomic E-state index is 0. The van der Waals surface area contributed by atoms with Crippen LogP contribution in [0.2, 0.25) is 0 Å². The summed E-state index contributed by atoms with van der Waals surface area (Å²) in [5.41, 5.74) is 9.37. The Morgan fingerprint density at radius 2 is 1.28 bits per heavy atom. The molecule has 0 saturated heterocycles. The van der Waals surface area contributed by atoms with E-state index in [-0.39, 0.29) is 32.0 Å². The minimum Gasteiger partial charge on any atom is -0.508 e. The van der Waals surface area contributed by atoms with Gasteiger partial charge in [-0.2, -0.15) is 12.7 Å². The van der Waals surface area contributed by atoms with Crippen molar-refractivity contribution in [1.29, 1.82) is 0 Å². The van der Waals surface area contributed by atoms with Gasteiger partial charge < -0.3 is 23.7 Å². The average Bonchev–Trinajstić information content (AvgIpc) is 3.87. The summed E-state index contributed by atoms with van der Waals surface area (Å²) in [6.45, 7) is 15.6. The van der Waals surface area contributed by atoms with Crippen LogP contribution in [0.4, 0.5) is 17.1 Å². The summed E-state index contributed by atoms with van der Waals surface area (Å²) < 4.78 is 11.7. The van der Waals surface area contributed by atoms with Gasteiger partial charge in [-0.05, 0) is 96.6 Å². The van der Waals surface area contributed by atoms with Crippen LogP contribution in [-0.4, -0.2) is 19.7 Å². The van der Waals surface area contributed by atoms with Crippen molar-refractivity contribution >= 4 is 60.7 Å². The van der Waals surface area contributed by atoms with E-state index in [0.29, 0.717) is 11.5 Å². The Balaban J connectivity index is 0.00000422. The summed E-state index contributed by atoms with van der Waals surface area (Å²) in [5.74, 6) is 2.07. The quantitative estimate of drug-likeness (QED) is 0.161. The number of anilines is 3. The molecule has 0 unspecified atom stereocenters. The van der Waals surface area contributed by atoms with Gasteiger partial charge in [-0.1, -0.05) is 104 Å². The molecule has 57 heavy (non-hydrogen) atoms. The maximum Gasteiger partial charge on any atom is 0.135 e. The number of hydrogen-bond donors (Lipinski definition) is 0. The van der Waals surface area contributed by atoms with E-state index in [9.17, 15) is 0 Å². The molecule has 0 saturated carbocycles. The third-order valence-electron chi connectivity index (χ3n) is 10.9. The van der Waals surface area contributed by atoms with Crippen molar-refractivity contribution in [2.75, 3.05) is 9.80 Å². The molecule has 0 fully saturated rings. The zero-order valence-corrected chi connectivity index (χ0v) is 35.1. The van der Waals surface area contributed by atoms with E-state index in [1.54, 1.807) is 0 Å². The maximum atomic E-state index is 7.09. The Kier molecular flexibility index (Phi) is 8.82. The fourth-order valence-corrected chi connectivity index (χ4v) is 8.23. The zero-order chi connectivity index (χ0) is 38.3. The van der Waals surface area contributed by atoms with E-state index in [2.05, 4.69) is 201 Å². The number of nitrogens with zero attached hydrogens (tertiary/aromatic N) is 5. The molecular weight excluding hydrogens is 882 g/mol. The number of pyridine rings is 1. The normalized spacial score (nSPS) is 13.2. The van der Waals surface area contributed by atoms with Gasteiger partial charge in [-0.25, -0.2) is 4.98 Å². The van der Waals surface area contributed by atoms with Gasteiger partial charge in [0.15, 0.2) is 0 Å². The van der Waals surface area contributed by atoms with Crippen LogP contribution in [0.3, 0.4) is 0 Å². The summed E-state index contributed by atoms with van der Waals surface area (Å²) in [4.78, 5) is 9.50. The van der Waals surface area contributed by atoms with Crippen LogP contribution < -0.4 is 14.5 Å². The van der Waals surface area contributed by atoms with Gasteiger partial charge in [-0.15, -0.1) is 30.0 Å². The van der Waals surface area contributed by atoms with E-state index in [1.165, 1.54) is 5.56 Å². The van der Waals surface area contributed by atoms with Crippen molar-refractivity contribution in [3.8, 4) is 23.0 Å². The van der Waals surface area contributed by atoms with Crippen molar-refractivity contribution < 1.29 is 25.8 Å². The topological polar surface area (TPSA) is 38.5 Å². The van der Waals surface area contributed by atoms with Gasteiger partial charge in [0.1, 0.15) is 5.82 Å². The molecule has 6 aromatic carbocycles. The first kappa shape index (κ1) is 36.8. The molecule has 0 amide bonds. The number of benzene rings is 6. The second-order valence-corrected chi connectivity index (χ2v) is 16.6. The van der Waals surface area contributed by atoms with E-state index in [1.807, 2.05) is 18.3 Å². The zero-order valence-electron chi connectivity index (χ0n) is 32.8. The van der Waals surface area contributed by atoms with Gasteiger partial charge in [0.05, 0.1) is 0 Å². The van der Waals surface area contributed by atoms with Crippen molar-refractivity contribution in [2.24, 2.45) is 0 Å². The van der Waals surface area contributed by atoms with Crippen LogP contribution in [0.25, 0.3) is 55.1 Å². The second-order valence-electron chi connectivity index (χ2n) is 16.6. The van der Waals surface area contributed by atoms with E-state index in [4.69, 9.17) is 9.72 Å². The molecule has 6 nitrogen and oxygen atoms in total. The Morgan fingerprint density at radius 1 is 0.632 bits per heavy atom. The van der Waals surface area contributed by atoms with Gasteiger partial charge in [0.2, 0.25) is 0 Å². The first-order valence-corrected chi connectivity index (χ1v) is 19.2. The fourth-order valence-electron chi connectivity index (χ4n) is 8.23. The van der Waals surface area contributed by atoms with Gasteiger partial charge in [0.25, 0.3) is 0 Å². The smallest absolute Gasteiger partial charge is 0.135 e. The fraction of sp³-hybridized carbons (Fsp3) is 0.160. The largest absolute Gasteiger partial charge is 0.508 e. The third kappa shape index (κ3) is 6.01. The number of para-hydroxylation sites is 5. The molecule has 1 aliphatic rings. The molecule has 9 aromatic rings. The molecule has 0 bridgehead atoms. The summed E-state index contributed by atoms with van der Waals surface area (Å²) >= 11 is 0. The molecule has 0 spiro atoms. The summed E-state index contributed by atoms with van der Waals surface area (Å²) in [6, 6.07) is 54.2. The van der Waals surface area contributed by atoms with Crippen LogP contribution in [0.1, 0.15) is 47.1 Å². The first-order chi connectivity index (χ1) is 27.1. The van der Waals surface area contributed by atoms with Crippen molar-refractivity contribution in [3.05, 3.63) is 164 Å². The van der Waals surface area contributed by atoms with Crippen molar-refractivity contribution in [1.82, 2.24) is 14.1 Å². The minimum atomic E-state index is -0.110.